The molecule has 0 N–H and O–H groups in total. The smallest absolute Gasteiger partial charge is 0.00274 e. The quantitative estimate of drug-likeness (QED) is 0.595. The highest BCUT2D eigenvalue weighted by Gasteiger charge is 2.29. The van der Waals surface area contributed by atoms with Gasteiger partial charge in [0.15, 0.2) is 0 Å². The van der Waals surface area contributed by atoms with Crippen LogP contribution in [0.2, 0.25) is 0 Å². The number of hydrogen-bond donors (Lipinski definition) is 0. The number of benzene rings is 1. The Hall–Kier alpha value is -1.82. The number of hydrogen-bond acceptors (Lipinski definition) is 0. The first-order valence-electron chi connectivity index (χ1n) is 5.53. The summed E-state index contributed by atoms with van der Waals surface area (Å²) < 4.78 is 0. The van der Waals surface area contributed by atoms with Crippen molar-refractivity contribution in [3.8, 4) is 0 Å². The molecule has 0 saturated heterocycles. The second-order valence-electron chi connectivity index (χ2n) is 4.56. The molecule has 0 spiro atoms. The van der Waals surface area contributed by atoms with Crippen molar-refractivity contribution in [2.24, 2.45) is 0 Å². The zero-order valence-corrected chi connectivity index (χ0v) is 9.40. The summed E-state index contributed by atoms with van der Waals surface area (Å²) in [7, 11) is 0. The maximum atomic E-state index is 4.16. The van der Waals surface area contributed by atoms with Gasteiger partial charge in [0.2, 0.25) is 0 Å². The number of allylic oxidation sites excluding steroid dienone is 4. The fourth-order valence-electron chi connectivity index (χ4n) is 2.73. The van der Waals surface area contributed by atoms with E-state index in [1.165, 1.54) is 27.8 Å². The number of rotatable bonds is 0. The normalized spacial score (nSPS) is 18.0. The molecule has 0 aliphatic heterocycles. The molecule has 0 amide bonds. The van der Waals surface area contributed by atoms with Crippen LogP contribution in [-0.2, 0) is 6.42 Å². The van der Waals surface area contributed by atoms with Crippen LogP contribution in [0.25, 0.3) is 16.7 Å². The molecule has 2 aliphatic rings. The fraction of sp³-hybridized carbons (Fsp3) is 0.125. The lowest BCUT2D eigenvalue weighted by Crippen LogP contribution is -1.90. The van der Waals surface area contributed by atoms with Gasteiger partial charge in [-0.2, -0.15) is 0 Å². The average Bonchev–Trinajstić information content (AvgIpc) is 2.75. The largest absolute Gasteiger partial charge is 0.0952 e. The van der Waals surface area contributed by atoms with Crippen molar-refractivity contribution in [1.82, 2.24) is 0 Å². The van der Waals surface area contributed by atoms with E-state index in [1.807, 2.05) is 0 Å². The molecule has 2 aliphatic carbocycles. The van der Waals surface area contributed by atoms with Gasteiger partial charge in [0, 0.05) is 0 Å². The van der Waals surface area contributed by atoms with E-state index in [0.717, 1.165) is 29.6 Å². The van der Waals surface area contributed by atoms with Gasteiger partial charge in [-0.3, -0.25) is 0 Å². The minimum Gasteiger partial charge on any atom is -0.0952 e. The highest BCUT2D eigenvalue weighted by atomic mass is 14.3. The van der Waals surface area contributed by atoms with Crippen molar-refractivity contribution in [2.75, 3.05) is 0 Å². The third kappa shape index (κ3) is 0.943. The topological polar surface area (TPSA) is 0 Å². The maximum absolute atomic E-state index is 4.16. The van der Waals surface area contributed by atoms with Crippen molar-refractivity contribution < 1.29 is 0 Å². The van der Waals surface area contributed by atoms with E-state index >= 15 is 0 Å². The highest BCUT2D eigenvalue weighted by Crippen LogP contribution is 2.48. The molecule has 0 saturated carbocycles. The second-order valence-corrected chi connectivity index (χ2v) is 4.56. The van der Waals surface area contributed by atoms with Gasteiger partial charge in [-0.05, 0) is 57.4 Å². The third-order valence-corrected chi connectivity index (χ3v) is 3.70. The first-order chi connectivity index (χ1) is 7.61. The van der Waals surface area contributed by atoms with Crippen LogP contribution >= 0.6 is 0 Å². The Labute approximate surface area is 96.3 Å². The molecule has 0 bridgehead atoms. The van der Waals surface area contributed by atoms with Gasteiger partial charge < -0.3 is 0 Å². The van der Waals surface area contributed by atoms with E-state index in [-0.39, 0.29) is 0 Å². The molecule has 1 aromatic rings. The first-order valence-corrected chi connectivity index (χ1v) is 5.53. The molecule has 0 heteroatoms. The minimum absolute atomic E-state index is 0.975. The van der Waals surface area contributed by atoms with Crippen LogP contribution in [0.15, 0.2) is 44.0 Å². The van der Waals surface area contributed by atoms with Crippen LogP contribution < -0.4 is 0 Å². The minimum atomic E-state index is 0.975. The van der Waals surface area contributed by atoms with E-state index in [2.05, 4.69) is 38.4 Å². The molecule has 0 unspecified atom stereocenters. The van der Waals surface area contributed by atoms with E-state index in [4.69, 9.17) is 0 Å². The number of fused-ring (bicyclic) bond motifs is 3. The highest BCUT2D eigenvalue weighted by molar-refractivity contribution is 6.09. The van der Waals surface area contributed by atoms with Crippen LogP contribution in [-0.4, -0.2) is 0 Å². The molecular formula is C16H14. The summed E-state index contributed by atoms with van der Waals surface area (Å²) in [5.41, 5.74) is 9.38. The van der Waals surface area contributed by atoms with Gasteiger partial charge in [0.1, 0.15) is 0 Å². The van der Waals surface area contributed by atoms with Crippen LogP contribution in [0, 0.1) is 0 Å². The van der Waals surface area contributed by atoms with Crippen molar-refractivity contribution in [1.29, 1.82) is 0 Å². The molecule has 1 aromatic carbocycles. The molecule has 0 atom stereocenters. The molecule has 0 radical (unpaired) electrons. The lowest BCUT2D eigenvalue weighted by atomic mass is 9.95. The predicted octanol–water partition coefficient (Wildman–Crippen LogP) is 4.24. The van der Waals surface area contributed by atoms with E-state index in [9.17, 15) is 0 Å². The Kier molecular flexibility index (Phi) is 1.68. The molecular weight excluding hydrogens is 192 g/mol. The summed E-state index contributed by atoms with van der Waals surface area (Å²) >= 11 is 0. The summed E-state index contributed by atoms with van der Waals surface area (Å²) in [4.78, 5) is 0. The standard InChI is InChI=1S/C16H14/c1-9-5-6-13-7-8-14-11(3)10(2)12(4)16(14)15(9)13/h7-8H,1-6H2. The second kappa shape index (κ2) is 2.85. The zero-order chi connectivity index (χ0) is 11.4. The summed E-state index contributed by atoms with van der Waals surface area (Å²) in [6.07, 6.45) is 2.17. The Bertz CT molecular complexity index is 582. The lowest BCUT2D eigenvalue weighted by Gasteiger charge is -2.08. The summed E-state index contributed by atoms with van der Waals surface area (Å²) in [6, 6.07) is 4.35. The van der Waals surface area contributed by atoms with Crippen LogP contribution in [0.5, 0.6) is 0 Å². The fourth-order valence-corrected chi connectivity index (χ4v) is 2.73. The molecule has 0 heterocycles. The van der Waals surface area contributed by atoms with Crippen LogP contribution in [0.1, 0.15) is 28.7 Å². The first kappa shape index (κ1) is 9.41. The van der Waals surface area contributed by atoms with Crippen molar-refractivity contribution in [3.63, 3.8) is 0 Å². The molecule has 78 valence electrons. The summed E-state index contributed by atoms with van der Waals surface area (Å²) in [5, 5.41) is 0. The van der Waals surface area contributed by atoms with Gasteiger partial charge >= 0.3 is 0 Å². The van der Waals surface area contributed by atoms with Crippen LogP contribution in [0.4, 0.5) is 0 Å². The molecule has 0 aromatic heterocycles. The Balaban J connectivity index is 2.40. The lowest BCUT2D eigenvalue weighted by molar-refractivity contribution is 1.08. The molecule has 0 fully saturated rings. The Morgan fingerprint density at radius 3 is 2.25 bits per heavy atom. The Morgan fingerprint density at radius 2 is 1.50 bits per heavy atom. The summed E-state index contributed by atoms with van der Waals surface area (Å²) in [5.74, 6) is 0. The monoisotopic (exact) mass is 206 g/mol. The molecule has 0 nitrogen and oxygen atoms in total. The summed E-state index contributed by atoms with van der Waals surface area (Å²) in [6.45, 7) is 16.4. The number of aryl methyl sites for hydroxylation is 1. The van der Waals surface area contributed by atoms with Gasteiger partial charge in [0.05, 0.1) is 0 Å². The van der Waals surface area contributed by atoms with Crippen LogP contribution in [0.3, 0.4) is 0 Å². The molecule has 16 heavy (non-hydrogen) atoms. The van der Waals surface area contributed by atoms with E-state index < -0.39 is 0 Å². The van der Waals surface area contributed by atoms with Gasteiger partial charge in [-0.1, -0.05) is 38.4 Å². The molecule has 3 rings (SSSR count). The Morgan fingerprint density at radius 1 is 0.750 bits per heavy atom. The zero-order valence-electron chi connectivity index (χ0n) is 9.40. The average molecular weight is 206 g/mol. The van der Waals surface area contributed by atoms with Gasteiger partial charge in [0.25, 0.3) is 0 Å². The van der Waals surface area contributed by atoms with E-state index in [1.54, 1.807) is 0 Å². The van der Waals surface area contributed by atoms with Gasteiger partial charge in [-0.15, -0.1) is 0 Å². The van der Waals surface area contributed by atoms with Crippen molar-refractivity contribution in [3.05, 3.63) is 66.3 Å². The maximum Gasteiger partial charge on any atom is -0.00274 e. The van der Waals surface area contributed by atoms with E-state index in [0.29, 0.717) is 0 Å². The third-order valence-electron chi connectivity index (χ3n) is 3.70. The van der Waals surface area contributed by atoms with Crippen molar-refractivity contribution >= 4 is 16.7 Å². The van der Waals surface area contributed by atoms with Gasteiger partial charge in [-0.25, -0.2) is 0 Å². The SMILES string of the molecule is C=C1C(=C)c2ccc3c(c2C1=C)C(=C)CC3. The predicted molar refractivity (Wildman–Crippen MR) is 71.0 cm³/mol. The van der Waals surface area contributed by atoms with Crippen molar-refractivity contribution in [2.45, 2.75) is 12.8 Å².